The molecule has 1 aromatic carbocycles. The monoisotopic (exact) mass is 320 g/mol. The van der Waals surface area contributed by atoms with E-state index in [9.17, 15) is 4.79 Å². The SMILES string of the molecule is CNCCN(C)C(=O)Cc1ccc(Br)cc1.Cl. The lowest BCUT2D eigenvalue weighted by molar-refractivity contribution is -0.129. The van der Waals surface area contributed by atoms with Crippen LogP contribution in [0.15, 0.2) is 28.7 Å². The second kappa shape index (κ2) is 8.50. The van der Waals surface area contributed by atoms with Gasteiger partial charge >= 0.3 is 0 Å². The molecule has 1 N–H and O–H groups in total. The molecular formula is C12H18BrClN2O. The van der Waals surface area contributed by atoms with Gasteiger partial charge in [0.15, 0.2) is 0 Å². The Balaban J connectivity index is 0.00000256. The normalized spacial score (nSPS) is 9.59. The first-order chi connectivity index (χ1) is 7.63. The number of nitrogens with one attached hydrogen (secondary N) is 1. The molecule has 17 heavy (non-hydrogen) atoms. The number of benzene rings is 1. The maximum absolute atomic E-state index is 11.8. The van der Waals surface area contributed by atoms with Crippen molar-refractivity contribution in [1.82, 2.24) is 10.2 Å². The second-order valence-corrected chi connectivity index (χ2v) is 4.64. The highest BCUT2D eigenvalue weighted by Gasteiger charge is 2.08. The second-order valence-electron chi connectivity index (χ2n) is 3.72. The fourth-order valence-corrected chi connectivity index (χ4v) is 1.58. The van der Waals surface area contributed by atoms with Gasteiger partial charge in [0.1, 0.15) is 0 Å². The smallest absolute Gasteiger partial charge is 0.226 e. The maximum Gasteiger partial charge on any atom is 0.226 e. The molecule has 1 rings (SSSR count). The number of rotatable bonds is 5. The number of hydrogen-bond acceptors (Lipinski definition) is 2. The molecule has 1 aromatic rings. The molecule has 0 aromatic heterocycles. The van der Waals surface area contributed by atoms with E-state index >= 15 is 0 Å². The van der Waals surface area contributed by atoms with E-state index in [4.69, 9.17) is 0 Å². The van der Waals surface area contributed by atoms with E-state index in [1.165, 1.54) is 0 Å². The quantitative estimate of drug-likeness (QED) is 0.901. The summed E-state index contributed by atoms with van der Waals surface area (Å²) in [6.07, 6.45) is 0.466. The first kappa shape index (κ1) is 16.4. The summed E-state index contributed by atoms with van der Waals surface area (Å²) in [4.78, 5) is 13.5. The van der Waals surface area contributed by atoms with Crippen molar-refractivity contribution >= 4 is 34.2 Å². The third-order valence-electron chi connectivity index (χ3n) is 2.39. The van der Waals surface area contributed by atoms with E-state index in [0.29, 0.717) is 6.42 Å². The zero-order valence-corrected chi connectivity index (χ0v) is 12.5. The van der Waals surface area contributed by atoms with Crippen molar-refractivity contribution in [3.8, 4) is 0 Å². The number of halogens is 2. The summed E-state index contributed by atoms with van der Waals surface area (Å²) >= 11 is 3.37. The van der Waals surface area contributed by atoms with Crippen molar-refractivity contribution in [2.24, 2.45) is 0 Å². The van der Waals surface area contributed by atoms with Crippen LogP contribution in [0.4, 0.5) is 0 Å². The average molecular weight is 322 g/mol. The zero-order valence-electron chi connectivity index (χ0n) is 10.1. The molecule has 0 spiro atoms. The fourth-order valence-electron chi connectivity index (χ4n) is 1.32. The van der Waals surface area contributed by atoms with Crippen molar-refractivity contribution in [2.45, 2.75) is 6.42 Å². The molecule has 0 saturated heterocycles. The molecule has 3 nitrogen and oxygen atoms in total. The van der Waals surface area contributed by atoms with Crippen LogP contribution in [0, 0.1) is 0 Å². The van der Waals surface area contributed by atoms with Crippen molar-refractivity contribution in [3.05, 3.63) is 34.3 Å². The van der Waals surface area contributed by atoms with Crippen molar-refractivity contribution < 1.29 is 4.79 Å². The summed E-state index contributed by atoms with van der Waals surface area (Å²) in [5, 5.41) is 3.02. The van der Waals surface area contributed by atoms with Crippen molar-refractivity contribution in [1.29, 1.82) is 0 Å². The minimum Gasteiger partial charge on any atom is -0.344 e. The van der Waals surface area contributed by atoms with E-state index in [-0.39, 0.29) is 18.3 Å². The highest BCUT2D eigenvalue weighted by atomic mass is 79.9. The van der Waals surface area contributed by atoms with Crippen LogP contribution < -0.4 is 5.32 Å². The summed E-state index contributed by atoms with van der Waals surface area (Å²) in [5.74, 6) is 0.151. The van der Waals surface area contributed by atoms with Gasteiger partial charge in [-0.3, -0.25) is 4.79 Å². The van der Waals surface area contributed by atoms with Crippen LogP contribution >= 0.6 is 28.3 Å². The summed E-state index contributed by atoms with van der Waals surface area (Å²) in [7, 11) is 3.71. The van der Waals surface area contributed by atoms with E-state index in [0.717, 1.165) is 23.1 Å². The Hall–Kier alpha value is -0.580. The summed E-state index contributed by atoms with van der Waals surface area (Å²) in [6, 6.07) is 7.84. The van der Waals surface area contributed by atoms with E-state index in [1.54, 1.807) is 4.90 Å². The Labute approximate surface area is 117 Å². The Morgan fingerprint density at radius 1 is 1.35 bits per heavy atom. The Morgan fingerprint density at radius 3 is 2.47 bits per heavy atom. The minimum atomic E-state index is 0. The number of hydrogen-bond donors (Lipinski definition) is 1. The van der Waals surface area contributed by atoms with Gasteiger partial charge in [-0.25, -0.2) is 0 Å². The van der Waals surface area contributed by atoms with E-state index in [2.05, 4.69) is 21.2 Å². The first-order valence-electron chi connectivity index (χ1n) is 5.26. The van der Waals surface area contributed by atoms with E-state index < -0.39 is 0 Å². The van der Waals surface area contributed by atoms with Crippen LogP contribution in [-0.2, 0) is 11.2 Å². The molecule has 1 amide bonds. The molecule has 0 radical (unpaired) electrons. The molecule has 0 bridgehead atoms. The fraction of sp³-hybridized carbons (Fsp3) is 0.417. The Morgan fingerprint density at radius 2 is 1.94 bits per heavy atom. The van der Waals surface area contributed by atoms with Crippen molar-refractivity contribution in [3.63, 3.8) is 0 Å². The molecule has 5 heteroatoms. The van der Waals surface area contributed by atoms with Crippen LogP contribution in [0.3, 0.4) is 0 Å². The topological polar surface area (TPSA) is 32.3 Å². The lowest BCUT2D eigenvalue weighted by Gasteiger charge is -2.16. The third kappa shape index (κ3) is 6.05. The van der Waals surface area contributed by atoms with Gasteiger partial charge in [-0.15, -0.1) is 12.4 Å². The minimum absolute atomic E-state index is 0. The molecule has 0 atom stereocenters. The third-order valence-corrected chi connectivity index (χ3v) is 2.92. The molecule has 0 aliphatic carbocycles. The van der Waals surface area contributed by atoms with Gasteiger partial charge < -0.3 is 10.2 Å². The molecule has 0 heterocycles. The lowest BCUT2D eigenvalue weighted by atomic mass is 10.1. The van der Waals surface area contributed by atoms with Gasteiger partial charge in [0, 0.05) is 24.6 Å². The summed E-state index contributed by atoms with van der Waals surface area (Å²) in [6.45, 7) is 1.56. The van der Waals surface area contributed by atoms with E-state index in [1.807, 2.05) is 38.4 Å². The summed E-state index contributed by atoms with van der Waals surface area (Å²) < 4.78 is 1.03. The molecular weight excluding hydrogens is 304 g/mol. The number of likely N-dealkylation sites (N-methyl/N-ethyl adjacent to an activating group) is 2. The zero-order chi connectivity index (χ0) is 12.0. The summed E-state index contributed by atoms with van der Waals surface area (Å²) in [5.41, 5.74) is 1.05. The Bertz CT molecular complexity index is 343. The predicted molar refractivity (Wildman–Crippen MR) is 76.7 cm³/mol. The van der Waals surface area contributed by atoms with Crippen LogP contribution in [0.1, 0.15) is 5.56 Å². The highest BCUT2D eigenvalue weighted by molar-refractivity contribution is 9.10. The number of carbonyl (C=O) groups excluding carboxylic acids is 1. The van der Waals surface area contributed by atoms with Crippen LogP contribution in [0.25, 0.3) is 0 Å². The average Bonchev–Trinajstić information content (AvgIpc) is 2.29. The van der Waals surface area contributed by atoms with Crippen LogP contribution in [0.2, 0.25) is 0 Å². The van der Waals surface area contributed by atoms with Crippen LogP contribution in [-0.4, -0.2) is 38.0 Å². The molecule has 0 fully saturated rings. The maximum atomic E-state index is 11.8. The standard InChI is InChI=1S/C12H17BrN2O.ClH/c1-14-7-8-15(2)12(16)9-10-3-5-11(13)6-4-10;/h3-6,14H,7-9H2,1-2H3;1H. The largest absolute Gasteiger partial charge is 0.344 e. The first-order valence-corrected chi connectivity index (χ1v) is 6.06. The molecule has 0 unspecified atom stereocenters. The van der Waals surface area contributed by atoms with Gasteiger partial charge in [-0.2, -0.15) is 0 Å². The molecule has 0 aliphatic heterocycles. The lowest BCUT2D eigenvalue weighted by Crippen LogP contribution is -2.33. The van der Waals surface area contributed by atoms with Gasteiger partial charge in [0.25, 0.3) is 0 Å². The Kier molecular flexibility index (Phi) is 8.21. The molecule has 96 valence electrons. The van der Waals surface area contributed by atoms with Crippen LogP contribution in [0.5, 0.6) is 0 Å². The van der Waals surface area contributed by atoms with Gasteiger partial charge in [-0.05, 0) is 24.7 Å². The van der Waals surface area contributed by atoms with Gasteiger partial charge in [-0.1, -0.05) is 28.1 Å². The molecule has 0 aliphatic rings. The van der Waals surface area contributed by atoms with Crippen molar-refractivity contribution in [2.75, 3.05) is 27.2 Å². The van der Waals surface area contributed by atoms with Gasteiger partial charge in [0.2, 0.25) is 5.91 Å². The van der Waals surface area contributed by atoms with Gasteiger partial charge in [0.05, 0.1) is 6.42 Å². The number of nitrogens with zero attached hydrogens (tertiary/aromatic N) is 1. The number of amides is 1. The number of carbonyl (C=O) groups is 1. The predicted octanol–water partition coefficient (Wildman–Crippen LogP) is 2.09. The molecule has 0 saturated carbocycles. The highest BCUT2D eigenvalue weighted by Crippen LogP contribution is 2.11.